The zero-order chi connectivity index (χ0) is 17.6. The maximum atomic E-state index is 12.8. The predicted molar refractivity (Wildman–Crippen MR) is 92.4 cm³/mol. The van der Waals surface area contributed by atoms with Crippen molar-refractivity contribution >= 4 is 11.6 Å². The summed E-state index contributed by atoms with van der Waals surface area (Å²) >= 11 is 0. The number of aryl methyl sites for hydroxylation is 2. The van der Waals surface area contributed by atoms with E-state index in [4.69, 9.17) is 0 Å². The molecule has 3 aromatic rings. The van der Waals surface area contributed by atoms with Crippen molar-refractivity contribution in [2.75, 3.05) is 13.1 Å². The smallest absolute Gasteiger partial charge is 0.274 e. The number of pyridine rings is 1. The Hall–Kier alpha value is -2.67. The summed E-state index contributed by atoms with van der Waals surface area (Å²) < 4.78 is 1.91. The van der Waals surface area contributed by atoms with Gasteiger partial charge in [0.05, 0.1) is 11.8 Å². The molecule has 0 saturated carbocycles. The number of likely N-dealkylation sites (tertiary alicyclic amines) is 1. The molecule has 0 unspecified atom stereocenters. The Kier molecular flexibility index (Phi) is 3.80. The molecule has 130 valence electrons. The Labute approximate surface area is 145 Å². The fraction of sp³-hybridized carbons (Fsp3) is 0.389. The van der Waals surface area contributed by atoms with Gasteiger partial charge in [0.15, 0.2) is 0 Å². The molecule has 1 saturated heterocycles. The molecule has 1 aliphatic rings. The number of hydrogen-bond acceptors (Lipinski definition) is 4. The van der Waals surface area contributed by atoms with E-state index in [0.29, 0.717) is 25.2 Å². The molecule has 4 heterocycles. The van der Waals surface area contributed by atoms with Crippen molar-refractivity contribution in [3.8, 4) is 0 Å². The highest BCUT2D eigenvalue weighted by atomic mass is 16.3. The van der Waals surface area contributed by atoms with Gasteiger partial charge in [-0.05, 0) is 38.5 Å². The Morgan fingerprint density at radius 2 is 2.20 bits per heavy atom. The fourth-order valence-electron chi connectivity index (χ4n) is 3.48. The largest absolute Gasteiger partial charge is 0.391 e. The summed E-state index contributed by atoms with van der Waals surface area (Å²) in [6.45, 7) is 4.77. The third-order valence-electron chi connectivity index (χ3n) is 4.84. The first-order chi connectivity index (χ1) is 12.0. The van der Waals surface area contributed by atoms with Gasteiger partial charge in [0.1, 0.15) is 11.3 Å². The molecule has 2 atom stereocenters. The van der Waals surface area contributed by atoms with Gasteiger partial charge in [-0.3, -0.25) is 9.89 Å². The number of amides is 1. The first kappa shape index (κ1) is 15.8. The number of nitrogens with zero attached hydrogens (tertiary/aromatic N) is 4. The predicted octanol–water partition coefficient (Wildman–Crippen LogP) is 1.35. The molecule has 0 bridgehead atoms. The van der Waals surface area contributed by atoms with Crippen LogP contribution in [0.5, 0.6) is 0 Å². The number of H-pyrrole nitrogens is 1. The lowest BCUT2D eigenvalue weighted by atomic mass is 10.0. The third-order valence-corrected chi connectivity index (χ3v) is 4.84. The molecule has 2 N–H and O–H groups in total. The minimum atomic E-state index is -0.542. The van der Waals surface area contributed by atoms with Crippen molar-refractivity contribution in [2.45, 2.75) is 26.4 Å². The van der Waals surface area contributed by atoms with E-state index in [1.165, 1.54) is 0 Å². The number of imidazole rings is 1. The summed E-state index contributed by atoms with van der Waals surface area (Å²) in [7, 11) is 0. The van der Waals surface area contributed by atoms with Crippen LogP contribution < -0.4 is 0 Å². The van der Waals surface area contributed by atoms with Gasteiger partial charge in [0, 0.05) is 36.6 Å². The van der Waals surface area contributed by atoms with E-state index in [1.54, 1.807) is 11.1 Å². The molecule has 7 heteroatoms. The summed E-state index contributed by atoms with van der Waals surface area (Å²) in [6, 6.07) is 7.76. The number of aliphatic hydroxyl groups excluding tert-OH is 1. The van der Waals surface area contributed by atoms with E-state index in [9.17, 15) is 9.90 Å². The number of hydrogen-bond donors (Lipinski definition) is 2. The van der Waals surface area contributed by atoms with E-state index < -0.39 is 6.10 Å². The van der Waals surface area contributed by atoms with Crippen LogP contribution in [-0.2, 0) is 6.42 Å². The summed E-state index contributed by atoms with van der Waals surface area (Å²) in [6.07, 6.45) is 1.88. The molecule has 1 amide bonds. The van der Waals surface area contributed by atoms with Gasteiger partial charge in [0.2, 0.25) is 0 Å². The molecule has 0 spiro atoms. The monoisotopic (exact) mass is 339 g/mol. The zero-order valence-corrected chi connectivity index (χ0v) is 14.3. The average Bonchev–Trinajstić information content (AvgIpc) is 3.27. The van der Waals surface area contributed by atoms with Crippen molar-refractivity contribution in [3.05, 3.63) is 53.2 Å². The summed E-state index contributed by atoms with van der Waals surface area (Å²) in [5.74, 6) is -0.145. The maximum absolute atomic E-state index is 12.8. The zero-order valence-electron chi connectivity index (χ0n) is 14.3. The molecular weight excluding hydrogens is 318 g/mol. The van der Waals surface area contributed by atoms with Crippen LogP contribution in [0.2, 0.25) is 0 Å². The third kappa shape index (κ3) is 2.91. The summed E-state index contributed by atoms with van der Waals surface area (Å²) in [5, 5.41) is 17.5. The molecule has 7 nitrogen and oxygen atoms in total. The minimum absolute atomic E-state index is 0.00887. The van der Waals surface area contributed by atoms with Crippen LogP contribution >= 0.6 is 0 Å². The van der Waals surface area contributed by atoms with Gasteiger partial charge < -0.3 is 14.4 Å². The number of rotatable bonds is 3. The lowest BCUT2D eigenvalue weighted by Gasteiger charge is -2.14. The van der Waals surface area contributed by atoms with Crippen LogP contribution in [0.15, 0.2) is 30.5 Å². The van der Waals surface area contributed by atoms with Gasteiger partial charge in [-0.1, -0.05) is 6.07 Å². The van der Waals surface area contributed by atoms with Crippen molar-refractivity contribution < 1.29 is 9.90 Å². The van der Waals surface area contributed by atoms with E-state index >= 15 is 0 Å². The molecular formula is C18H21N5O2. The van der Waals surface area contributed by atoms with Crippen molar-refractivity contribution in [1.29, 1.82) is 0 Å². The lowest BCUT2D eigenvalue weighted by molar-refractivity contribution is 0.0759. The average molecular weight is 339 g/mol. The lowest BCUT2D eigenvalue weighted by Crippen LogP contribution is -2.29. The standard InChI is InChI=1S/C18H21N5O2/c1-11-6-14(21-20-11)7-13-8-22(10-16(13)24)18(25)15-9-23-12(2)4-3-5-17(23)19-15/h3-6,9,13,16,24H,7-8,10H2,1-2H3,(H,20,21)/t13-,16+/m1/s1. The van der Waals surface area contributed by atoms with E-state index in [2.05, 4.69) is 15.2 Å². The molecule has 0 aliphatic carbocycles. The molecule has 3 aromatic heterocycles. The minimum Gasteiger partial charge on any atom is -0.391 e. The van der Waals surface area contributed by atoms with E-state index in [0.717, 1.165) is 22.7 Å². The first-order valence-corrected chi connectivity index (χ1v) is 8.44. The number of nitrogens with one attached hydrogen (secondary N) is 1. The Morgan fingerprint density at radius 3 is 2.92 bits per heavy atom. The number of aromatic nitrogens is 4. The summed E-state index contributed by atoms with van der Waals surface area (Å²) in [5.41, 5.74) is 4.11. The molecule has 0 aromatic carbocycles. The van der Waals surface area contributed by atoms with Gasteiger partial charge in [-0.15, -0.1) is 0 Å². The normalized spacial score (nSPS) is 20.5. The van der Waals surface area contributed by atoms with Gasteiger partial charge in [-0.25, -0.2) is 4.98 Å². The number of aliphatic hydroxyl groups is 1. The second kappa shape index (κ2) is 6.00. The molecule has 0 radical (unpaired) electrons. The van der Waals surface area contributed by atoms with Crippen molar-refractivity contribution in [3.63, 3.8) is 0 Å². The highest BCUT2D eigenvalue weighted by molar-refractivity contribution is 5.93. The SMILES string of the molecule is Cc1cc(C[C@@H]2CN(C(=O)c3cn4c(C)cccc4n3)C[C@@H]2O)n[nH]1. The van der Waals surface area contributed by atoms with Crippen LogP contribution in [0.1, 0.15) is 27.6 Å². The highest BCUT2D eigenvalue weighted by Crippen LogP contribution is 2.23. The summed E-state index contributed by atoms with van der Waals surface area (Å²) in [4.78, 5) is 18.9. The highest BCUT2D eigenvalue weighted by Gasteiger charge is 2.35. The number of fused-ring (bicyclic) bond motifs is 1. The first-order valence-electron chi connectivity index (χ1n) is 8.44. The number of β-amino-alcohol motifs (C(OH)–C–C–N with tert-alkyl or cyclic N) is 1. The van der Waals surface area contributed by atoms with Gasteiger partial charge in [-0.2, -0.15) is 5.10 Å². The number of aromatic amines is 1. The Bertz CT molecular complexity index is 929. The van der Waals surface area contributed by atoms with Crippen molar-refractivity contribution in [2.24, 2.45) is 5.92 Å². The van der Waals surface area contributed by atoms with Crippen LogP contribution in [-0.4, -0.2) is 54.7 Å². The molecule has 1 aliphatic heterocycles. The molecule has 25 heavy (non-hydrogen) atoms. The molecule has 1 fully saturated rings. The van der Waals surface area contributed by atoms with Gasteiger partial charge >= 0.3 is 0 Å². The van der Waals surface area contributed by atoms with E-state index in [1.807, 2.05) is 42.5 Å². The number of carbonyl (C=O) groups excluding carboxylic acids is 1. The van der Waals surface area contributed by atoms with Crippen molar-refractivity contribution in [1.82, 2.24) is 24.5 Å². The van der Waals surface area contributed by atoms with Crippen LogP contribution in [0.25, 0.3) is 5.65 Å². The fourth-order valence-corrected chi connectivity index (χ4v) is 3.48. The van der Waals surface area contributed by atoms with Crippen LogP contribution in [0, 0.1) is 19.8 Å². The number of carbonyl (C=O) groups is 1. The quantitative estimate of drug-likeness (QED) is 0.754. The second-order valence-corrected chi connectivity index (χ2v) is 6.81. The van der Waals surface area contributed by atoms with Gasteiger partial charge in [0.25, 0.3) is 5.91 Å². The Morgan fingerprint density at radius 1 is 1.36 bits per heavy atom. The van der Waals surface area contributed by atoms with E-state index in [-0.39, 0.29) is 11.8 Å². The van der Waals surface area contributed by atoms with Crippen LogP contribution in [0.3, 0.4) is 0 Å². The molecule has 4 rings (SSSR count). The Balaban J connectivity index is 1.51. The maximum Gasteiger partial charge on any atom is 0.274 e. The van der Waals surface area contributed by atoms with Crippen LogP contribution in [0.4, 0.5) is 0 Å². The second-order valence-electron chi connectivity index (χ2n) is 6.81. The topological polar surface area (TPSA) is 86.5 Å².